The van der Waals surface area contributed by atoms with Crippen LogP contribution in [0.5, 0.6) is 5.75 Å². The molecule has 0 saturated carbocycles. The van der Waals surface area contributed by atoms with Crippen molar-refractivity contribution in [1.29, 1.82) is 0 Å². The summed E-state index contributed by atoms with van der Waals surface area (Å²) in [4.78, 5) is 13.8. The molecular formula is C19H24N2O2. The molecule has 0 bridgehead atoms. The van der Waals surface area contributed by atoms with Crippen LogP contribution in [-0.2, 0) is 11.2 Å². The molecule has 0 unspecified atom stereocenters. The van der Waals surface area contributed by atoms with Gasteiger partial charge in [-0.1, -0.05) is 48.5 Å². The summed E-state index contributed by atoms with van der Waals surface area (Å²) in [5, 5.41) is 2.85. The van der Waals surface area contributed by atoms with Crippen molar-refractivity contribution in [2.75, 3.05) is 33.8 Å². The monoisotopic (exact) mass is 312 g/mol. The number of ether oxygens (including phenoxy) is 1. The van der Waals surface area contributed by atoms with Crippen LogP contribution in [-0.4, -0.2) is 44.6 Å². The fraction of sp³-hybridized carbons (Fsp3) is 0.316. The third-order valence-electron chi connectivity index (χ3n) is 3.45. The first-order valence-electron chi connectivity index (χ1n) is 7.81. The fourth-order valence-electron chi connectivity index (χ4n) is 2.22. The minimum Gasteiger partial charge on any atom is -0.483 e. The lowest BCUT2D eigenvalue weighted by Crippen LogP contribution is -2.34. The predicted octanol–water partition coefficient (Wildman–Crippen LogP) is 2.33. The zero-order valence-electron chi connectivity index (χ0n) is 13.8. The number of nitrogens with one attached hydrogen (secondary N) is 1. The van der Waals surface area contributed by atoms with Gasteiger partial charge < -0.3 is 15.0 Å². The van der Waals surface area contributed by atoms with E-state index in [1.54, 1.807) is 0 Å². The molecule has 1 N–H and O–H groups in total. The van der Waals surface area contributed by atoms with Crippen molar-refractivity contribution in [2.45, 2.75) is 6.42 Å². The van der Waals surface area contributed by atoms with E-state index in [9.17, 15) is 4.79 Å². The molecule has 2 rings (SSSR count). The SMILES string of the molecule is CN(C)CCNC(=O)COc1ccccc1Cc1ccccc1. The van der Waals surface area contributed by atoms with E-state index in [0.29, 0.717) is 6.54 Å². The van der Waals surface area contributed by atoms with E-state index in [4.69, 9.17) is 4.74 Å². The van der Waals surface area contributed by atoms with E-state index in [-0.39, 0.29) is 12.5 Å². The summed E-state index contributed by atoms with van der Waals surface area (Å²) < 4.78 is 5.70. The Bertz CT molecular complexity index is 612. The number of nitrogens with zero attached hydrogens (tertiary/aromatic N) is 1. The van der Waals surface area contributed by atoms with Crippen LogP contribution < -0.4 is 10.1 Å². The molecule has 2 aromatic rings. The molecule has 0 spiro atoms. The Morgan fingerprint density at radius 2 is 1.74 bits per heavy atom. The van der Waals surface area contributed by atoms with E-state index in [2.05, 4.69) is 17.4 Å². The van der Waals surface area contributed by atoms with Crippen LogP contribution in [0.1, 0.15) is 11.1 Å². The standard InChI is InChI=1S/C19H24N2O2/c1-21(2)13-12-20-19(22)15-23-18-11-7-6-10-17(18)14-16-8-4-3-5-9-16/h3-11H,12-15H2,1-2H3,(H,20,22). The number of hydrogen-bond donors (Lipinski definition) is 1. The molecule has 1 amide bonds. The summed E-state index contributed by atoms with van der Waals surface area (Å²) in [6, 6.07) is 18.1. The fourth-order valence-corrected chi connectivity index (χ4v) is 2.22. The van der Waals surface area contributed by atoms with Gasteiger partial charge in [0.05, 0.1) is 0 Å². The Hall–Kier alpha value is -2.33. The molecule has 0 aliphatic carbocycles. The molecule has 0 heterocycles. The lowest BCUT2D eigenvalue weighted by molar-refractivity contribution is -0.123. The summed E-state index contributed by atoms with van der Waals surface area (Å²) in [5.74, 6) is 0.667. The maximum absolute atomic E-state index is 11.8. The van der Waals surface area contributed by atoms with Crippen LogP contribution in [0.2, 0.25) is 0 Å². The molecule has 0 aliphatic rings. The average Bonchev–Trinajstić information content (AvgIpc) is 2.55. The quantitative estimate of drug-likeness (QED) is 0.813. The highest BCUT2D eigenvalue weighted by atomic mass is 16.5. The van der Waals surface area contributed by atoms with Crippen LogP contribution >= 0.6 is 0 Å². The number of para-hydroxylation sites is 1. The van der Waals surface area contributed by atoms with Gasteiger partial charge in [-0.15, -0.1) is 0 Å². The molecule has 0 aliphatic heterocycles. The van der Waals surface area contributed by atoms with Crippen LogP contribution in [0, 0.1) is 0 Å². The van der Waals surface area contributed by atoms with Gasteiger partial charge in [0.25, 0.3) is 5.91 Å². The summed E-state index contributed by atoms with van der Waals surface area (Å²) in [6.07, 6.45) is 0.791. The maximum Gasteiger partial charge on any atom is 0.257 e. The Morgan fingerprint density at radius 3 is 2.48 bits per heavy atom. The number of rotatable bonds is 8. The van der Waals surface area contributed by atoms with Crippen molar-refractivity contribution < 1.29 is 9.53 Å². The summed E-state index contributed by atoms with van der Waals surface area (Å²) >= 11 is 0. The van der Waals surface area contributed by atoms with E-state index >= 15 is 0 Å². The van der Waals surface area contributed by atoms with E-state index in [1.807, 2.05) is 61.5 Å². The third-order valence-corrected chi connectivity index (χ3v) is 3.45. The second kappa shape index (κ2) is 8.96. The average molecular weight is 312 g/mol. The lowest BCUT2D eigenvalue weighted by atomic mass is 10.0. The number of benzene rings is 2. The van der Waals surface area contributed by atoms with E-state index in [0.717, 1.165) is 24.3 Å². The largest absolute Gasteiger partial charge is 0.483 e. The van der Waals surface area contributed by atoms with Crippen molar-refractivity contribution in [1.82, 2.24) is 10.2 Å². The molecule has 4 heteroatoms. The normalized spacial score (nSPS) is 10.6. The molecule has 0 atom stereocenters. The second-order valence-corrected chi connectivity index (χ2v) is 5.71. The van der Waals surface area contributed by atoms with E-state index in [1.165, 1.54) is 5.56 Å². The van der Waals surface area contributed by atoms with Crippen LogP contribution in [0.15, 0.2) is 54.6 Å². The Kier molecular flexibility index (Phi) is 6.63. The number of likely N-dealkylation sites (N-methyl/N-ethyl adjacent to an activating group) is 1. The predicted molar refractivity (Wildman–Crippen MR) is 92.7 cm³/mol. The molecular weight excluding hydrogens is 288 g/mol. The zero-order chi connectivity index (χ0) is 16.5. The second-order valence-electron chi connectivity index (χ2n) is 5.71. The molecule has 23 heavy (non-hydrogen) atoms. The van der Waals surface area contributed by atoms with Gasteiger partial charge in [-0.05, 0) is 31.3 Å². The first kappa shape index (κ1) is 17.0. The molecule has 2 aromatic carbocycles. The van der Waals surface area contributed by atoms with Crippen molar-refractivity contribution in [3.63, 3.8) is 0 Å². The molecule has 4 nitrogen and oxygen atoms in total. The van der Waals surface area contributed by atoms with Gasteiger partial charge in [-0.2, -0.15) is 0 Å². The van der Waals surface area contributed by atoms with Gasteiger partial charge in [-0.25, -0.2) is 0 Å². The molecule has 0 radical (unpaired) electrons. The number of carbonyl (C=O) groups is 1. The highest BCUT2D eigenvalue weighted by Crippen LogP contribution is 2.21. The van der Waals surface area contributed by atoms with Crippen LogP contribution in [0.3, 0.4) is 0 Å². The summed E-state index contributed by atoms with van der Waals surface area (Å²) in [5.41, 5.74) is 2.30. The van der Waals surface area contributed by atoms with Crippen molar-refractivity contribution in [3.8, 4) is 5.75 Å². The summed E-state index contributed by atoms with van der Waals surface area (Å²) in [6.45, 7) is 1.48. The van der Waals surface area contributed by atoms with Gasteiger partial charge in [-0.3, -0.25) is 4.79 Å². The van der Waals surface area contributed by atoms with Gasteiger partial charge in [0.2, 0.25) is 0 Å². The number of amides is 1. The summed E-state index contributed by atoms with van der Waals surface area (Å²) in [7, 11) is 3.95. The maximum atomic E-state index is 11.8. The van der Waals surface area contributed by atoms with Crippen molar-refractivity contribution in [3.05, 3.63) is 65.7 Å². The highest BCUT2D eigenvalue weighted by molar-refractivity contribution is 5.77. The number of carbonyl (C=O) groups excluding carboxylic acids is 1. The zero-order valence-corrected chi connectivity index (χ0v) is 13.8. The molecule has 0 fully saturated rings. The lowest BCUT2D eigenvalue weighted by Gasteiger charge is -2.13. The Labute approximate surface area is 138 Å². The first-order chi connectivity index (χ1) is 11.1. The highest BCUT2D eigenvalue weighted by Gasteiger charge is 2.07. The van der Waals surface area contributed by atoms with Crippen molar-refractivity contribution >= 4 is 5.91 Å². The van der Waals surface area contributed by atoms with Gasteiger partial charge in [0.1, 0.15) is 5.75 Å². The van der Waals surface area contributed by atoms with Crippen LogP contribution in [0.4, 0.5) is 0 Å². The van der Waals surface area contributed by atoms with E-state index < -0.39 is 0 Å². The van der Waals surface area contributed by atoms with Gasteiger partial charge in [0, 0.05) is 19.5 Å². The van der Waals surface area contributed by atoms with Crippen molar-refractivity contribution in [2.24, 2.45) is 0 Å². The smallest absolute Gasteiger partial charge is 0.257 e. The van der Waals surface area contributed by atoms with Gasteiger partial charge in [0.15, 0.2) is 6.61 Å². The number of hydrogen-bond acceptors (Lipinski definition) is 3. The third kappa shape index (κ3) is 6.12. The molecule has 0 aromatic heterocycles. The van der Waals surface area contributed by atoms with Crippen LogP contribution in [0.25, 0.3) is 0 Å². The Balaban J connectivity index is 1.89. The minimum absolute atomic E-state index is 0.0409. The van der Waals surface area contributed by atoms with Gasteiger partial charge >= 0.3 is 0 Å². The Morgan fingerprint density at radius 1 is 1.04 bits per heavy atom. The topological polar surface area (TPSA) is 41.6 Å². The first-order valence-corrected chi connectivity index (χ1v) is 7.81. The molecule has 122 valence electrons. The minimum atomic E-state index is -0.0960. The molecule has 0 saturated heterocycles.